The molecular formula is C14H18N2O3. The van der Waals surface area contributed by atoms with E-state index in [2.05, 4.69) is 11.4 Å². The fraction of sp³-hybridized carbons (Fsp3) is 0.500. The van der Waals surface area contributed by atoms with Crippen molar-refractivity contribution in [3.8, 4) is 5.75 Å². The summed E-state index contributed by atoms with van der Waals surface area (Å²) in [6, 6.07) is 6.11. The van der Waals surface area contributed by atoms with Gasteiger partial charge in [-0.15, -0.1) is 0 Å². The molecule has 2 atom stereocenters. The topological polar surface area (TPSA) is 73.6 Å². The number of benzene rings is 1. The number of rotatable bonds is 3. The largest absolute Gasteiger partial charge is 0.489 e. The van der Waals surface area contributed by atoms with E-state index in [-0.39, 0.29) is 18.2 Å². The van der Waals surface area contributed by atoms with Crippen molar-refractivity contribution in [2.75, 3.05) is 13.2 Å². The summed E-state index contributed by atoms with van der Waals surface area (Å²) in [4.78, 5) is 10.9. The first-order valence-corrected chi connectivity index (χ1v) is 6.68. The number of nitrogens with one attached hydrogen (secondary N) is 1. The third-order valence-corrected chi connectivity index (χ3v) is 3.68. The predicted octanol–water partition coefficient (Wildman–Crippen LogP) is 1.51. The maximum absolute atomic E-state index is 10.9. The first-order chi connectivity index (χ1) is 9.24. The van der Waals surface area contributed by atoms with Gasteiger partial charge < -0.3 is 20.5 Å². The van der Waals surface area contributed by atoms with Crippen molar-refractivity contribution in [1.82, 2.24) is 5.32 Å². The Balaban J connectivity index is 1.71. The number of hydrogen-bond donors (Lipinski definition) is 2. The van der Waals surface area contributed by atoms with Crippen molar-refractivity contribution in [2.24, 2.45) is 5.73 Å². The van der Waals surface area contributed by atoms with Crippen molar-refractivity contribution >= 4 is 6.09 Å². The molecule has 1 aliphatic heterocycles. The monoisotopic (exact) mass is 262 g/mol. The lowest BCUT2D eigenvalue weighted by Gasteiger charge is -2.24. The Morgan fingerprint density at radius 2 is 2.37 bits per heavy atom. The molecule has 2 aliphatic rings. The molecule has 0 spiro atoms. The quantitative estimate of drug-likeness (QED) is 0.866. The molecule has 0 saturated carbocycles. The van der Waals surface area contributed by atoms with E-state index in [4.69, 9.17) is 15.2 Å². The second-order valence-corrected chi connectivity index (χ2v) is 5.04. The highest BCUT2D eigenvalue weighted by Gasteiger charge is 2.24. The fourth-order valence-electron chi connectivity index (χ4n) is 2.69. The Morgan fingerprint density at radius 1 is 1.47 bits per heavy atom. The molecule has 2 unspecified atom stereocenters. The smallest absolute Gasteiger partial charge is 0.407 e. The number of carbonyl (C=O) groups is 1. The molecule has 102 valence electrons. The molecule has 0 bridgehead atoms. The van der Waals surface area contributed by atoms with Crippen LogP contribution >= 0.6 is 0 Å². The molecule has 3 N–H and O–H groups in total. The van der Waals surface area contributed by atoms with Crippen LogP contribution < -0.4 is 15.8 Å². The predicted molar refractivity (Wildman–Crippen MR) is 70.1 cm³/mol. The molecule has 5 nitrogen and oxygen atoms in total. The normalized spacial score (nSPS) is 25.4. The van der Waals surface area contributed by atoms with Crippen molar-refractivity contribution in [2.45, 2.75) is 31.4 Å². The van der Waals surface area contributed by atoms with E-state index in [0.717, 1.165) is 25.0 Å². The maximum atomic E-state index is 10.9. The molecule has 3 rings (SSSR count). The average Bonchev–Trinajstić information content (AvgIpc) is 2.83. The summed E-state index contributed by atoms with van der Waals surface area (Å²) in [5.74, 6) is 0.871. The van der Waals surface area contributed by atoms with Gasteiger partial charge in [0.15, 0.2) is 6.10 Å². The van der Waals surface area contributed by atoms with Crippen molar-refractivity contribution in [3.63, 3.8) is 0 Å². The fourth-order valence-corrected chi connectivity index (χ4v) is 2.69. The van der Waals surface area contributed by atoms with Crippen LogP contribution in [0.2, 0.25) is 0 Å². The number of cyclic esters (lactones) is 1. The van der Waals surface area contributed by atoms with Gasteiger partial charge in [-0.2, -0.15) is 0 Å². The van der Waals surface area contributed by atoms with E-state index in [1.807, 2.05) is 12.1 Å². The van der Waals surface area contributed by atoms with Crippen LogP contribution in [-0.4, -0.2) is 25.3 Å². The molecule has 1 aliphatic carbocycles. The highest BCUT2D eigenvalue weighted by molar-refractivity contribution is 5.69. The average molecular weight is 262 g/mol. The summed E-state index contributed by atoms with van der Waals surface area (Å²) < 4.78 is 10.9. The lowest BCUT2D eigenvalue weighted by molar-refractivity contribution is 0.104. The Morgan fingerprint density at radius 3 is 3.16 bits per heavy atom. The lowest BCUT2D eigenvalue weighted by atomic mass is 9.87. The van der Waals surface area contributed by atoms with Crippen molar-refractivity contribution in [3.05, 3.63) is 29.3 Å². The van der Waals surface area contributed by atoms with Gasteiger partial charge in [-0.25, -0.2) is 4.79 Å². The molecular weight excluding hydrogens is 244 g/mol. The number of fused-ring (bicyclic) bond motifs is 1. The van der Waals surface area contributed by atoms with Gasteiger partial charge in [0.25, 0.3) is 0 Å². The lowest BCUT2D eigenvalue weighted by Crippen LogP contribution is -2.23. The Labute approximate surface area is 112 Å². The van der Waals surface area contributed by atoms with Crippen LogP contribution in [0.1, 0.15) is 30.0 Å². The van der Waals surface area contributed by atoms with E-state index in [9.17, 15) is 4.79 Å². The number of carbonyl (C=O) groups excluding carboxylic acids is 1. The van der Waals surface area contributed by atoms with Crippen LogP contribution in [0.4, 0.5) is 4.79 Å². The third kappa shape index (κ3) is 2.51. The standard InChI is InChI=1S/C14H18N2O3/c15-12-5-1-4-11-10(12)3-2-6-13(11)18-8-9-7-16-14(17)19-9/h2-3,6,9,12H,1,4-5,7-8,15H2,(H,16,17). The summed E-state index contributed by atoms with van der Waals surface area (Å²) in [6.07, 6.45) is 2.54. The van der Waals surface area contributed by atoms with Gasteiger partial charge >= 0.3 is 6.09 Å². The zero-order chi connectivity index (χ0) is 13.2. The molecule has 19 heavy (non-hydrogen) atoms. The SMILES string of the molecule is NC1CCCc2c(OCC3CNC(=O)O3)cccc21. The zero-order valence-corrected chi connectivity index (χ0v) is 10.7. The Hall–Kier alpha value is -1.75. The molecule has 1 fully saturated rings. The molecule has 1 aromatic carbocycles. The number of ether oxygens (including phenoxy) is 2. The summed E-state index contributed by atoms with van der Waals surface area (Å²) >= 11 is 0. The molecule has 1 saturated heterocycles. The van der Waals surface area contributed by atoms with E-state index >= 15 is 0 Å². The van der Waals surface area contributed by atoms with Crippen LogP contribution in [0.3, 0.4) is 0 Å². The maximum Gasteiger partial charge on any atom is 0.407 e. The van der Waals surface area contributed by atoms with E-state index < -0.39 is 0 Å². The highest BCUT2D eigenvalue weighted by Crippen LogP contribution is 2.34. The van der Waals surface area contributed by atoms with Gasteiger partial charge in [0, 0.05) is 6.04 Å². The minimum atomic E-state index is -0.370. The van der Waals surface area contributed by atoms with Gasteiger partial charge in [-0.3, -0.25) is 0 Å². The molecule has 1 amide bonds. The number of hydrogen-bond acceptors (Lipinski definition) is 4. The zero-order valence-electron chi connectivity index (χ0n) is 10.7. The van der Waals surface area contributed by atoms with E-state index in [1.165, 1.54) is 11.1 Å². The summed E-state index contributed by atoms with van der Waals surface area (Å²) in [5, 5.41) is 2.61. The van der Waals surface area contributed by atoms with Crippen LogP contribution in [-0.2, 0) is 11.2 Å². The van der Waals surface area contributed by atoms with Gasteiger partial charge in [-0.1, -0.05) is 12.1 Å². The van der Waals surface area contributed by atoms with E-state index in [1.54, 1.807) is 0 Å². The third-order valence-electron chi connectivity index (χ3n) is 3.68. The molecule has 1 heterocycles. The first-order valence-electron chi connectivity index (χ1n) is 6.68. The number of alkyl carbamates (subject to hydrolysis) is 1. The number of amides is 1. The van der Waals surface area contributed by atoms with Crippen LogP contribution in [0.15, 0.2) is 18.2 Å². The van der Waals surface area contributed by atoms with Gasteiger partial charge in [0.05, 0.1) is 6.54 Å². The molecule has 1 aromatic rings. The molecule has 0 radical (unpaired) electrons. The summed E-state index contributed by atoms with van der Waals surface area (Å²) in [6.45, 7) is 0.887. The van der Waals surface area contributed by atoms with Crippen molar-refractivity contribution < 1.29 is 14.3 Å². The Kier molecular flexibility index (Phi) is 3.29. The first kappa shape index (κ1) is 12.3. The second-order valence-electron chi connectivity index (χ2n) is 5.04. The van der Waals surface area contributed by atoms with Crippen molar-refractivity contribution in [1.29, 1.82) is 0 Å². The molecule has 0 aromatic heterocycles. The van der Waals surface area contributed by atoms with Gasteiger partial charge in [0.1, 0.15) is 12.4 Å². The van der Waals surface area contributed by atoms with E-state index in [0.29, 0.717) is 13.2 Å². The van der Waals surface area contributed by atoms with Crippen LogP contribution in [0, 0.1) is 0 Å². The molecule has 5 heteroatoms. The van der Waals surface area contributed by atoms with Gasteiger partial charge in [0.2, 0.25) is 0 Å². The second kappa shape index (κ2) is 5.09. The van der Waals surface area contributed by atoms with Gasteiger partial charge in [-0.05, 0) is 36.5 Å². The minimum absolute atomic E-state index is 0.110. The minimum Gasteiger partial charge on any atom is -0.489 e. The Bertz CT molecular complexity index is 490. The van der Waals surface area contributed by atoms with Crippen LogP contribution in [0.5, 0.6) is 5.75 Å². The summed E-state index contributed by atoms with van der Waals surface area (Å²) in [5.41, 5.74) is 8.51. The summed E-state index contributed by atoms with van der Waals surface area (Å²) in [7, 11) is 0. The highest BCUT2D eigenvalue weighted by atomic mass is 16.6. The van der Waals surface area contributed by atoms with Crippen LogP contribution in [0.25, 0.3) is 0 Å². The number of nitrogens with two attached hydrogens (primary N) is 1.